The molecule has 0 spiro atoms. The molecule has 0 fully saturated rings. The minimum absolute atomic E-state index is 0. The third-order valence-electron chi connectivity index (χ3n) is 10.7. The van der Waals surface area contributed by atoms with Gasteiger partial charge in [0.05, 0.1) is 0 Å². The van der Waals surface area contributed by atoms with E-state index in [0.717, 1.165) is 6.42 Å². The number of benzene rings is 4. The zero-order valence-corrected chi connectivity index (χ0v) is 33.6. The van der Waals surface area contributed by atoms with Crippen LogP contribution in [-0.2, 0) is 35.5 Å². The van der Waals surface area contributed by atoms with Crippen LogP contribution in [0, 0.1) is 19.8 Å². The van der Waals surface area contributed by atoms with Crippen LogP contribution < -0.4 is 9.81 Å². The molecule has 4 aromatic rings. The van der Waals surface area contributed by atoms with Crippen molar-refractivity contribution in [3.8, 4) is 11.1 Å². The Morgan fingerprint density at radius 1 is 0.674 bits per heavy atom. The van der Waals surface area contributed by atoms with E-state index in [9.17, 15) is 0 Å². The molecule has 2 aliphatic carbocycles. The van der Waals surface area contributed by atoms with Crippen molar-refractivity contribution in [3.05, 3.63) is 133 Å². The molecule has 0 saturated carbocycles. The van der Waals surface area contributed by atoms with Crippen LogP contribution >= 0.6 is 24.8 Å². The molecule has 0 radical (unpaired) electrons. The van der Waals surface area contributed by atoms with E-state index < -0.39 is 18.3 Å². The fraction of sp³-hybridized carbons (Fsp3) is 0.326. The van der Waals surface area contributed by atoms with Gasteiger partial charge in [-0.2, -0.15) is 0 Å². The van der Waals surface area contributed by atoms with Crippen molar-refractivity contribution in [1.29, 1.82) is 0 Å². The van der Waals surface area contributed by atoms with Gasteiger partial charge in [0.1, 0.15) is 0 Å². The number of fused-ring (bicyclic) bond motifs is 3. The normalized spacial score (nSPS) is 16.1. The van der Waals surface area contributed by atoms with Crippen LogP contribution in [0.1, 0.15) is 88.8 Å². The molecule has 1 unspecified atom stereocenters. The van der Waals surface area contributed by atoms with Crippen molar-refractivity contribution in [2.45, 2.75) is 86.5 Å². The molecule has 0 aromatic heterocycles. The molecule has 0 saturated heterocycles. The average molecular weight is 731 g/mol. The van der Waals surface area contributed by atoms with Crippen LogP contribution in [0.5, 0.6) is 0 Å². The SMILES string of the molecule is Cl.Cl.[CH2]=[Zr]([C]1=CC(C)=CC1C)([c]1ccc(C)cc1)([c]1ccc(C)cc1)[c]1c(C(C)(C)C)ccc2c1Cc1cc(C(C)(C)C)ccc1-2. The maximum absolute atomic E-state index is 5.82. The Kier molecular flexibility index (Phi) is 9.76. The Labute approximate surface area is 291 Å². The molecule has 242 valence electrons. The number of hydrogen-bond acceptors (Lipinski definition) is 0. The molecule has 0 bridgehead atoms. The van der Waals surface area contributed by atoms with E-state index in [-0.39, 0.29) is 35.6 Å². The summed E-state index contributed by atoms with van der Waals surface area (Å²) in [5.74, 6) is 0.320. The van der Waals surface area contributed by atoms with Gasteiger partial charge in [0.25, 0.3) is 0 Å². The van der Waals surface area contributed by atoms with Gasteiger partial charge in [-0.05, 0) is 0 Å². The molecule has 0 N–H and O–H groups in total. The number of halogens is 2. The van der Waals surface area contributed by atoms with Crippen molar-refractivity contribution in [1.82, 2.24) is 0 Å². The number of rotatable bonds is 4. The predicted octanol–water partition coefficient (Wildman–Crippen LogP) is 10.2. The van der Waals surface area contributed by atoms with Crippen molar-refractivity contribution >= 4 is 38.8 Å². The van der Waals surface area contributed by atoms with Crippen LogP contribution in [0.4, 0.5) is 0 Å². The van der Waals surface area contributed by atoms with Crippen LogP contribution in [0.2, 0.25) is 0 Å². The monoisotopic (exact) mass is 728 g/mol. The summed E-state index contributed by atoms with van der Waals surface area (Å²) >= 11 is -4.92. The summed E-state index contributed by atoms with van der Waals surface area (Å²) in [6.07, 6.45) is 5.97. The van der Waals surface area contributed by atoms with E-state index in [2.05, 4.69) is 160 Å². The molecule has 3 heteroatoms. The van der Waals surface area contributed by atoms with E-state index in [0.29, 0.717) is 5.92 Å². The van der Waals surface area contributed by atoms with Crippen molar-refractivity contribution in [2.24, 2.45) is 5.92 Å². The zero-order valence-electron chi connectivity index (χ0n) is 29.5. The summed E-state index contributed by atoms with van der Waals surface area (Å²) in [6, 6.07) is 31.2. The number of aryl methyl sites for hydroxylation is 2. The van der Waals surface area contributed by atoms with Gasteiger partial charge in [-0.15, -0.1) is 24.8 Å². The van der Waals surface area contributed by atoms with E-state index in [1.807, 2.05) is 0 Å². The van der Waals surface area contributed by atoms with Gasteiger partial charge in [-0.25, -0.2) is 0 Å². The quantitative estimate of drug-likeness (QED) is 0.173. The average Bonchev–Trinajstić information content (AvgIpc) is 3.50. The first kappa shape index (κ1) is 36.5. The fourth-order valence-electron chi connectivity index (χ4n) is 8.35. The zero-order chi connectivity index (χ0) is 31.8. The summed E-state index contributed by atoms with van der Waals surface area (Å²) in [5, 5.41) is 0. The van der Waals surface area contributed by atoms with E-state index in [1.54, 1.807) is 6.55 Å². The van der Waals surface area contributed by atoms with Gasteiger partial charge in [0.15, 0.2) is 0 Å². The maximum atomic E-state index is 5.82. The summed E-state index contributed by atoms with van der Waals surface area (Å²) < 4.78 is 11.8. The third-order valence-corrected chi connectivity index (χ3v) is 27.3. The fourth-order valence-corrected chi connectivity index (χ4v) is 26.2. The van der Waals surface area contributed by atoms with Gasteiger partial charge < -0.3 is 0 Å². The Balaban J connectivity index is 0.00000240. The molecule has 6 rings (SSSR count). The number of hydrogen-bond donors (Lipinski definition) is 0. The standard InChI is InChI=1S/C21H25.C7H9.2C7H7.CH2.2ClH.Zr/c1-20(2,3)16-7-9-18-14(12-16)11-15-13-17(21(4,5)6)8-10-19(15)18;1-6-3-4-7(2)5-6;2*1-7-5-3-2-4-6-7;;;;/h7-10,12H,11H2,1-6H3;3,5,7H,1-2H3;2*3-6H,1H3;1H2;2*1H;. The minimum atomic E-state index is -4.92. The summed E-state index contributed by atoms with van der Waals surface area (Å²) in [6.45, 7) is 23.3. The number of allylic oxidation sites excluding steroid dienone is 4. The molecule has 1 atom stereocenters. The second-order valence-corrected chi connectivity index (χ2v) is 28.7. The Morgan fingerprint density at radius 3 is 1.65 bits per heavy atom. The van der Waals surface area contributed by atoms with E-state index >= 15 is 0 Å². The van der Waals surface area contributed by atoms with Gasteiger partial charge in [-0.1, -0.05) is 0 Å². The predicted molar refractivity (Wildman–Crippen MR) is 206 cm³/mol. The van der Waals surface area contributed by atoms with Crippen molar-refractivity contribution in [2.75, 3.05) is 0 Å². The molecule has 0 heterocycles. The van der Waals surface area contributed by atoms with Crippen molar-refractivity contribution < 1.29 is 18.3 Å². The Bertz CT molecular complexity index is 1870. The molecule has 4 aromatic carbocycles. The molecular weight excluding hydrogens is 679 g/mol. The first-order valence-corrected chi connectivity index (χ1v) is 23.1. The van der Waals surface area contributed by atoms with Gasteiger partial charge in [0.2, 0.25) is 0 Å². The Morgan fingerprint density at radius 2 is 1.20 bits per heavy atom. The van der Waals surface area contributed by atoms with E-state index in [4.69, 9.17) is 4.21 Å². The molecule has 0 aliphatic heterocycles. The molecular formula is C43H52Cl2Zr. The van der Waals surface area contributed by atoms with Gasteiger partial charge in [-0.3, -0.25) is 0 Å². The second-order valence-electron chi connectivity index (χ2n) is 16.1. The van der Waals surface area contributed by atoms with E-state index in [1.165, 1.54) is 56.6 Å². The molecule has 46 heavy (non-hydrogen) atoms. The first-order chi connectivity index (χ1) is 20.5. The molecule has 2 aliphatic rings. The summed E-state index contributed by atoms with van der Waals surface area (Å²) in [4.78, 5) is 0. The Hall–Kier alpha value is -2.31. The second kappa shape index (κ2) is 12.3. The first-order valence-electron chi connectivity index (χ1n) is 16.4. The van der Waals surface area contributed by atoms with Crippen LogP contribution in [0.25, 0.3) is 11.1 Å². The van der Waals surface area contributed by atoms with Gasteiger partial charge in [0, 0.05) is 0 Å². The summed E-state index contributed by atoms with van der Waals surface area (Å²) in [5.41, 5.74) is 12.6. The summed E-state index contributed by atoms with van der Waals surface area (Å²) in [7, 11) is 0. The van der Waals surface area contributed by atoms with Crippen molar-refractivity contribution in [3.63, 3.8) is 0 Å². The van der Waals surface area contributed by atoms with Crippen LogP contribution in [-0.4, -0.2) is 4.21 Å². The topological polar surface area (TPSA) is 0 Å². The third kappa shape index (κ3) is 5.53. The molecule has 0 nitrogen and oxygen atoms in total. The van der Waals surface area contributed by atoms with Gasteiger partial charge >= 0.3 is 269 Å². The molecule has 0 amide bonds. The van der Waals surface area contributed by atoms with Crippen LogP contribution in [0.3, 0.4) is 0 Å². The van der Waals surface area contributed by atoms with Crippen LogP contribution in [0.15, 0.2) is 99.9 Å².